The van der Waals surface area contributed by atoms with Gasteiger partial charge in [0.05, 0.1) is 18.8 Å². The third-order valence-electron chi connectivity index (χ3n) is 1.63. The molecule has 106 valence electrons. The zero-order valence-electron chi connectivity index (χ0n) is 10.5. The second-order valence-electron chi connectivity index (χ2n) is 3.71. The Labute approximate surface area is 119 Å². The van der Waals surface area contributed by atoms with Crippen molar-refractivity contribution in [3.8, 4) is 12.3 Å². The van der Waals surface area contributed by atoms with Crippen LogP contribution in [-0.4, -0.2) is 41.5 Å². The van der Waals surface area contributed by atoms with Gasteiger partial charge >= 0.3 is 0 Å². The van der Waals surface area contributed by atoms with Crippen LogP contribution in [0.25, 0.3) is 0 Å². The van der Waals surface area contributed by atoms with E-state index in [9.17, 15) is 5.11 Å². The van der Waals surface area contributed by atoms with E-state index in [1.165, 1.54) is 0 Å². The largest absolute Gasteiger partial charge is 0.388 e. The van der Waals surface area contributed by atoms with Crippen LogP contribution in [0.15, 0.2) is 12.7 Å². The normalized spacial score (nSPS) is 12.3. The Morgan fingerprint density at radius 1 is 1.50 bits per heavy atom. The molecule has 0 aliphatic rings. The molecule has 18 heavy (non-hydrogen) atoms. The van der Waals surface area contributed by atoms with Gasteiger partial charge in [0.1, 0.15) is 12.7 Å². The number of halogens is 2. The topological polar surface area (TPSA) is 58.9 Å². The van der Waals surface area contributed by atoms with Gasteiger partial charge in [-0.15, -0.1) is 13.0 Å². The molecule has 0 fully saturated rings. The third-order valence-corrected chi connectivity index (χ3v) is 1.63. The van der Waals surface area contributed by atoms with E-state index in [4.69, 9.17) is 20.8 Å². The van der Waals surface area contributed by atoms with Crippen molar-refractivity contribution in [3.63, 3.8) is 0 Å². The van der Waals surface area contributed by atoms with Crippen LogP contribution >= 0.6 is 29.3 Å². The minimum Gasteiger partial charge on any atom is -0.388 e. The van der Waals surface area contributed by atoms with E-state index in [1.807, 2.05) is 13.8 Å². The van der Waals surface area contributed by atoms with Crippen LogP contribution in [0.1, 0.15) is 13.8 Å². The van der Waals surface area contributed by atoms with E-state index >= 15 is 0 Å². The summed E-state index contributed by atoms with van der Waals surface area (Å²) in [7, 11) is 0. The molecular weight excluding hydrogens is 298 g/mol. The minimum absolute atomic E-state index is 0.192. The molecule has 0 saturated heterocycles. The molecule has 0 aliphatic carbocycles. The molecule has 0 radical (unpaired) electrons. The summed E-state index contributed by atoms with van der Waals surface area (Å²) in [6.45, 7) is 6.30. The lowest BCUT2D eigenvalue weighted by Gasteiger charge is -2.22. The Kier molecular flexibility index (Phi) is 13.9. The average Bonchev–Trinajstić information content (AvgIpc) is 2.26. The van der Waals surface area contributed by atoms with Crippen molar-refractivity contribution in [2.45, 2.75) is 25.6 Å². The Balaban J connectivity index is 0. The maximum atomic E-state index is 9.38. The minimum atomic E-state index is -1.68. The van der Waals surface area contributed by atoms with Crippen molar-refractivity contribution in [1.29, 1.82) is 0 Å². The summed E-state index contributed by atoms with van der Waals surface area (Å²) in [4.78, 5) is 7.65. The van der Waals surface area contributed by atoms with E-state index in [-0.39, 0.29) is 19.8 Å². The van der Waals surface area contributed by atoms with E-state index in [0.717, 1.165) is 0 Å². The van der Waals surface area contributed by atoms with Crippen LogP contribution in [0, 0.1) is 12.3 Å². The van der Waals surface area contributed by atoms with Crippen LogP contribution in [-0.2, 0) is 9.47 Å². The number of aliphatic hydroxyl groups is 1. The maximum absolute atomic E-state index is 9.38. The summed E-state index contributed by atoms with van der Waals surface area (Å²) >= 11 is 9.32. The molecular formula is C11H19Cl2O4P. The van der Waals surface area contributed by atoms with Crippen molar-refractivity contribution >= 4 is 29.3 Å². The molecule has 2 N–H and O–H groups in total. The Morgan fingerprint density at radius 3 is 2.39 bits per heavy atom. The SMILES string of the molecule is C#CCOCC(O)COC(C)(C)C=C.OP(Cl)Cl. The zero-order valence-corrected chi connectivity index (χ0v) is 12.9. The maximum Gasteiger partial charge on any atom is 0.222 e. The van der Waals surface area contributed by atoms with E-state index in [0.29, 0.717) is 0 Å². The quantitative estimate of drug-likeness (QED) is 0.328. The molecule has 7 heteroatoms. The molecule has 0 amide bonds. The van der Waals surface area contributed by atoms with Gasteiger partial charge in [-0.05, 0) is 36.3 Å². The molecule has 0 aromatic rings. The van der Waals surface area contributed by atoms with Crippen LogP contribution in [0.2, 0.25) is 0 Å². The first-order chi connectivity index (χ1) is 8.25. The lowest BCUT2D eigenvalue weighted by atomic mass is 10.1. The molecule has 0 saturated carbocycles. The van der Waals surface area contributed by atoms with E-state index in [2.05, 4.69) is 35.0 Å². The monoisotopic (exact) mass is 316 g/mol. The Hall–Kier alpha value is 0.150. The molecule has 0 bridgehead atoms. The van der Waals surface area contributed by atoms with Gasteiger partial charge in [-0.1, -0.05) is 12.0 Å². The molecule has 0 rings (SSSR count). The molecule has 0 aliphatic heterocycles. The van der Waals surface area contributed by atoms with Gasteiger partial charge in [0.25, 0.3) is 0 Å². The number of aliphatic hydroxyl groups excluding tert-OH is 1. The first kappa shape index (κ1) is 20.5. The lowest BCUT2D eigenvalue weighted by molar-refractivity contribution is -0.0566. The molecule has 0 heterocycles. The lowest BCUT2D eigenvalue weighted by Crippen LogP contribution is -2.29. The summed E-state index contributed by atoms with van der Waals surface area (Å²) in [5.74, 6) is 2.32. The number of hydrogen-bond donors (Lipinski definition) is 2. The highest BCUT2D eigenvalue weighted by Crippen LogP contribution is 2.40. The van der Waals surface area contributed by atoms with Gasteiger partial charge in [0, 0.05) is 0 Å². The second-order valence-corrected chi connectivity index (χ2v) is 6.58. The zero-order chi connectivity index (χ0) is 14.6. The van der Waals surface area contributed by atoms with Gasteiger partial charge in [-0.25, -0.2) is 0 Å². The fourth-order valence-corrected chi connectivity index (χ4v) is 0.672. The van der Waals surface area contributed by atoms with Gasteiger partial charge in [0.2, 0.25) is 6.85 Å². The van der Waals surface area contributed by atoms with Crippen LogP contribution < -0.4 is 0 Å². The van der Waals surface area contributed by atoms with Crippen molar-refractivity contribution in [2.75, 3.05) is 19.8 Å². The molecule has 0 aromatic heterocycles. The highest BCUT2D eigenvalue weighted by atomic mass is 35.9. The number of hydrogen-bond acceptors (Lipinski definition) is 4. The molecule has 1 unspecified atom stereocenters. The van der Waals surface area contributed by atoms with Crippen LogP contribution in [0.3, 0.4) is 0 Å². The van der Waals surface area contributed by atoms with Crippen LogP contribution in [0.4, 0.5) is 0 Å². The van der Waals surface area contributed by atoms with Crippen molar-refractivity contribution in [2.24, 2.45) is 0 Å². The fraction of sp³-hybridized carbons (Fsp3) is 0.636. The Bertz CT molecular complexity index is 251. The molecule has 1 atom stereocenters. The van der Waals surface area contributed by atoms with Gasteiger partial charge in [-0.3, -0.25) is 0 Å². The standard InChI is InChI=1S/C11H18O3.Cl2HOP/c1-5-7-13-8-10(12)9-14-11(3,4)6-2;1-4(2)3/h1,6,10,12H,2,7-9H2,3-4H3;3H. The molecule has 4 nitrogen and oxygen atoms in total. The molecule has 0 aromatic carbocycles. The smallest absolute Gasteiger partial charge is 0.222 e. The number of ether oxygens (including phenoxy) is 2. The highest BCUT2D eigenvalue weighted by Gasteiger charge is 2.15. The number of terminal acetylenes is 1. The predicted octanol–water partition coefficient (Wildman–Crippen LogP) is 2.66. The first-order valence-corrected chi connectivity index (χ1v) is 8.13. The van der Waals surface area contributed by atoms with Crippen molar-refractivity contribution in [1.82, 2.24) is 0 Å². The second kappa shape index (κ2) is 12.2. The average molecular weight is 317 g/mol. The van der Waals surface area contributed by atoms with E-state index in [1.54, 1.807) is 6.08 Å². The summed E-state index contributed by atoms with van der Waals surface area (Å²) < 4.78 is 10.3. The van der Waals surface area contributed by atoms with Crippen molar-refractivity contribution < 1.29 is 19.5 Å². The molecule has 0 spiro atoms. The van der Waals surface area contributed by atoms with Gasteiger partial charge in [0.15, 0.2) is 0 Å². The number of rotatable bonds is 7. The summed E-state index contributed by atoms with van der Waals surface area (Å²) in [6, 6.07) is 0. The van der Waals surface area contributed by atoms with Gasteiger partial charge < -0.3 is 19.5 Å². The third kappa shape index (κ3) is 18.5. The van der Waals surface area contributed by atoms with E-state index < -0.39 is 18.6 Å². The van der Waals surface area contributed by atoms with Crippen molar-refractivity contribution in [3.05, 3.63) is 12.7 Å². The predicted molar refractivity (Wildman–Crippen MR) is 76.7 cm³/mol. The summed E-state index contributed by atoms with van der Waals surface area (Å²) in [6.07, 6.45) is 6.01. The fourth-order valence-electron chi connectivity index (χ4n) is 0.672. The summed E-state index contributed by atoms with van der Waals surface area (Å²) in [5.41, 5.74) is -0.424. The summed E-state index contributed by atoms with van der Waals surface area (Å²) in [5, 5.41) is 9.38. The van der Waals surface area contributed by atoms with Gasteiger partial charge in [-0.2, -0.15) is 0 Å². The van der Waals surface area contributed by atoms with Crippen LogP contribution in [0.5, 0.6) is 0 Å². The Morgan fingerprint density at radius 2 is 2.00 bits per heavy atom. The first-order valence-electron chi connectivity index (χ1n) is 5.02. The highest BCUT2D eigenvalue weighted by molar-refractivity contribution is 7.99.